The fourth-order valence-corrected chi connectivity index (χ4v) is 3.38. The first-order chi connectivity index (χ1) is 10.6. The van der Waals surface area contributed by atoms with Gasteiger partial charge in [0.25, 0.3) is 0 Å². The molecule has 7 heteroatoms. The van der Waals surface area contributed by atoms with Crippen molar-refractivity contribution in [2.75, 3.05) is 26.2 Å². The maximum absolute atomic E-state index is 11.7. The van der Waals surface area contributed by atoms with E-state index in [9.17, 15) is 9.59 Å². The standard InChI is InChI=1S/C15H24N4O2S/c1-11(9-18-15(21)17-6-5-16-12(2)20)19-7-3-14-13(10-19)4-8-22-14/h4,8,11H,3,5-7,9-10H2,1-2H3,(H,16,20)(H2,17,18,21)/t11-/m1/s1. The highest BCUT2D eigenvalue weighted by molar-refractivity contribution is 7.10. The van der Waals surface area contributed by atoms with E-state index >= 15 is 0 Å². The lowest BCUT2D eigenvalue weighted by Crippen LogP contribution is -2.47. The molecule has 1 atom stereocenters. The Kier molecular flexibility index (Phi) is 6.21. The summed E-state index contributed by atoms with van der Waals surface area (Å²) in [4.78, 5) is 26.3. The molecule has 2 heterocycles. The molecule has 0 saturated carbocycles. The minimum Gasteiger partial charge on any atom is -0.355 e. The molecule has 3 amide bonds. The number of hydrogen-bond acceptors (Lipinski definition) is 4. The molecule has 122 valence electrons. The highest BCUT2D eigenvalue weighted by Crippen LogP contribution is 2.24. The van der Waals surface area contributed by atoms with E-state index < -0.39 is 0 Å². The SMILES string of the molecule is CC(=O)NCCNC(=O)NC[C@@H](C)N1CCc2sccc2C1. The summed E-state index contributed by atoms with van der Waals surface area (Å²) in [6.45, 7) is 7.10. The Hall–Kier alpha value is -1.60. The van der Waals surface area contributed by atoms with Crippen molar-refractivity contribution in [2.45, 2.75) is 32.9 Å². The molecule has 0 radical (unpaired) electrons. The molecule has 1 aromatic rings. The molecule has 0 spiro atoms. The van der Waals surface area contributed by atoms with E-state index in [-0.39, 0.29) is 11.9 Å². The fraction of sp³-hybridized carbons (Fsp3) is 0.600. The fourth-order valence-electron chi connectivity index (χ4n) is 2.49. The molecule has 0 aromatic carbocycles. The van der Waals surface area contributed by atoms with Gasteiger partial charge in [-0.15, -0.1) is 11.3 Å². The van der Waals surface area contributed by atoms with Crippen LogP contribution in [-0.4, -0.2) is 49.1 Å². The molecular weight excluding hydrogens is 300 g/mol. The summed E-state index contributed by atoms with van der Waals surface area (Å²) in [5.41, 5.74) is 1.42. The van der Waals surface area contributed by atoms with Gasteiger partial charge >= 0.3 is 6.03 Å². The number of thiophene rings is 1. The van der Waals surface area contributed by atoms with Crippen molar-refractivity contribution in [2.24, 2.45) is 0 Å². The lowest BCUT2D eigenvalue weighted by atomic mass is 10.1. The molecule has 1 aliphatic heterocycles. The zero-order chi connectivity index (χ0) is 15.9. The first-order valence-electron chi connectivity index (χ1n) is 7.61. The van der Waals surface area contributed by atoms with Crippen LogP contribution in [0.15, 0.2) is 11.4 Å². The third kappa shape index (κ3) is 4.99. The van der Waals surface area contributed by atoms with Crippen molar-refractivity contribution in [3.63, 3.8) is 0 Å². The van der Waals surface area contributed by atoms with Crippen LogP contribution >= 0.6 is 11.3 Å². The Morgan fingerprint density at radius 3 is 2.86 bits per heavy atom. The van der Waals surface area contributed by atoms with Gasteiger partial charge in [0.05, 0.1) is 0 Å². The number of nitrogens with one attached hydrogen (secondary N) is 3. The normalized spacial score (nSPS) is 15.7. The predicted octanol–water partition coefficient (Wildman–Crippen LogP) is 0.930. The van der Waals surface area contributed by atoms with Crippen molar-refractivity contribution in [1.82, 2.24) is 20.9 Å². The Morgan fingerprint density at radius 1 is 1.32 bits per heavy atom. The van der Waals surface area contributed by atoms with Gasteiger partial charge in [-0.1, -0.05) is 0 Å². The summed E-state index contributed by atoms with van der Waals surface area (Å²) in [6, 6.07) is 2.31. The molecule has 2 rings (SSSR count). The number of fused-ring (bicyclic) bond motifs is 1. The first-order valence-corrected chi connectivity index (χ1v) is 8.49. The number of carbonyl (C=O) groups is 2. The molecule has 3 N–H and O–H groups in total. The van der Waals surface area contributed by atoms with Crippen molar-refractivity contribution >= 4 is 23.3 Å². The van der Waals surface area contributed by atoms with E-state index in [4.69, 9.17) is 0 Å². The summed E-state index contributed by atoms with van der Waals surface area (Å²) in [7, 11) is 0. The molecule has 0 saturated heterocycles. The van der Waals surface area contributed by atoms with E-state index in [0.717, 1.165) is 19.5 Å². The van der Waals surface area contributed by atoms with Crippen molar-refractivity contribution in [3.8, 4) is 0 Å². The van der Waals surface area contributed by atoms with Gasteiger partial charge in [0.2, 0.25) is 5.91 Å². The number of amides is 3. The van der Waals surface area contributed by atoms with E-state index in [1.807, 2.05) is 11.3 Å². The highest BCUT2D eigenvalue weighted by atomic mass is 32.1. The van der Waals surface area contributed by atoms with Crippen LogP contribution in [-0.2, 0) is 17.8 Å². The third-order valence-corrected chi connectivity index (χ3v) is 4.83. The van der Waals surface area contributed by atoms with Crippen molar-refractivity contribution < 1.29 is 9.59 Å². The third-order valence-electron chi connectivity index (χ3n) is 3.80. The molecule has 1 aromatic heterocycles. The topological polar surface area (TPSA) is 73.5 Å². The number of hydrogen-bond donors (Lipinski definition) is 3. The first kappa shape index (κ1) is 16.8. The summed E-state index contributed by atoms with van der Waals surface area (Å²) in [6.07, 6.45) is 1.10. The Labute approximate surface area is 135 Å². The predicted molar refractivity (Wildman–Crippen MR) is 88.0 cm³/mol. The van der Waals surface area contributed by atoms with Crippen LogP contribution in [0.2, 0.25) is 0 Å². The quantitative estimate of drug-likeness (QED) is 0.682. The summed E-state index contributed by atoms with van der Waals surface area (Å²) < 4.78 is 0. The average Bonchev–Trinajstić information content (AvgIpc) is 2.96. The molecule has 1 aliphatic rings. The maximum Gasteiger partial charge on any atom is 0.314 e. The van der Waals surface area contributed by atoms with E-state index in [0.29, 0.717) is 25.7 Å². The monoisotopic (exact) mass is 324 g/mol. The Morgan fingerprint density at radius 2 is 2.09 bits per heavy atom. The zero-order valence-electron chi connectivity index (χ0n) is 13.1. The second-order valence-electron chi connectivity index (χ2n) is 5.56. The second-order valence-corrected chi connectivity index (χ2v) is 6.56. The minimum absolute atomic E-state index is 0.0891. The Balaban J connectivity index is 1.64. The smallest absolute Gasteiger partial charge is 0.314 e. The molecule has 0 unspecified atom stereocenters. The maximum atomic E-state index is 11.7. The van der Waals surface area contributed by atoms with E-state index in [1.54, 1.807) is 0 Å². The van der Waals surface area contributed by atoms with Gasteiger partial charge in [-0.25, -0.2) is 4.79 Å². The highest BCUT2D eigenvalue weighted by Gasteiger charge is 2.21. The number of rotatable bonds is 6. The average molecular weight is 324 g/mol. The number of carbonyl (C=O) groups excluding carboxylic acids is 2. The van der Waals surface area contributed by atoms with Crippen LogP contribution in [0.3, 0.4) is 0 Å². The largest absolute Gasteiger partial charge is 0.355 e. The van der Waals surface area contributed by atoms with Crippen LogP contribution in [0.5, 0.6) is 0 Å². The van der Waals surface area contributed by atoms with Crippen LogP contribution in [0.4, 0.5) is 4.79 Å². The number of urea groups is 1. The summed E-state index contributed by atoms with van der Waals surface area (Å²) >= 11 is 1.83. The van der Waals surface area contributed by atoms with Gasteiger partial charge in [0.1, 0.15) is 0 Å². The van der Waals surface area contributed by atoms with Gasteiger partial charge in [0, 0.05) is 50.6 Å². The van der Waals surface area contributed by atoms with Crippen LogP contribution in [0, 0.1) is 0 Å². The minimum atomic E-state index is -0.189. The number of nitrogens with zero attached hydrogens (tertiary/aromatic N) is 1. The molecule has 0 aliphatic carbocycles. The molecule has 22 heavy (non-hydrogen) atoms. The molecule has 0 bridgehead atoms. The van der Waals surface area contributed by atoms with Gasteiger partial charge in [-0.3, -0.25) is 9.69 Å². The van der Waals surface area contributed by atoms with E-state index in [2.05, 4.69) is 39.2 Å². The van der Waals surface area contributed by atoms with Crippen LogP contribution in [0.1, 0.15) is 24.3 Å². The van der Waals surface area contributed by atoms with E-state index in [1.165, 1.54) is 17.4 Å². The van der Waals surface area contributed by atoms with Crippen molar-refractivity contribution in [3.05, 3.63) is 21.9 Å². The van der Waals surface area contributed by atoms with Gasteiger partial charge in [-0.05, 0) is 30.4 Å². The summed E-state index contributed by atoms with van der Waals surface area (Å²) in [5, 5.41) is 10.4. The molecular formula is C15H24N4O2S. The molecule has 0 fully saturated rings. The second kappa shape index (κ2) is 8.14. The lowest BCUT2D eigenvalue weighted by molar-refractivity contribution is -0.118. The van der Waals surface area contributed by atoms with Gasteiger partial charge < -0.3 is 16.0 Å². The molecule has 6 nitrogen and oxygen atoms in total. The lowest BCUT2D eigenvalue weighted by Gasteiger charge is -2.32. The van der Waals surface area contributed by atoms with Crippen LogP contribution in [0.25, 0.3) is 0 Å². The van der Waals surface area contributed by atoms with Crippen LogP contribution < -0.4 is 16.0 Å². The van der Waals surface area contributed by atoms with Gasteiger partial charge in [0.15, 0.2) is 0 Å². The zero-order valence-corrected chi connectivity index (χ0v) is 14.0. The Bertz CT molecular complexity index is 517. The van der Waals surface area contributed by atoms with Crippen molar-refractivity contribution in [1.29, 1.82) is 0 Å². The van der Waals surface area contributed by atoms with Gasteiger partial charge in [-0.2, -0.15) is 0 Å². The summed E-state index contributed by atoms with van der Waals surface area (Å²) in [5.74, 6) is -0.0891.